The fourth-order valence-electron chi connectivity index (χ4n) is 1.39. The molecule has 0 saturated heterocycles. The Morgan fingerprint density at radius 3 is 2.84 bits per heavy atom. The first-order chi connectivity index (χ1) is 9.06. The zero-order chi connectivity index (χ0) is 13.8. The fourth-order valence-corrected chi connectivity index (χ4v) is 1.39. The van der Waals surface area contributed by atoms with Crippen molar-refractivity contribution in [2.24, 2.45) is 0 Å². The second-order valence-corrected chi connectivity index (χ2v) is 3.74. The number of nitrogens with zero attached hydrogens (tertiary/aromatic N) is 2. The van der Waals surface area contributed by atoms with Crippen molar-refractivity contribution in [3.8, 4) is 0 Å². The molecular weight excluding hydrogens is 254 g/mol. The molecule has 0 aliphatic carbocycles. The minimum Gasteiger partial charge on any atom is -0.478 e. The van der Waals surface area contributed by atoms with E-state index in [1.165, 1.54) is 0 Å². The first kappa shape index (κ1) is 12.8. The van der Waals surface area contributed by atoms with Crippen LogP contribution in [0.2, 0.25) is 0 Å². The molecule has 0 bridgehead atoms. The van der Waals surface area contributed by atoms with Crippen LogP contribution in [0.3, 0.4) is 0 Å². The van der Waals surface area contributed by atoms with E-state index in [-0.39, 0.29) is 11.3 Å². The molecule has 0 saturated carbocycles. The van der Waals surface area contributed by atoms with Gasteiger partial charge in [0, 0.05) is 26.0 Å². The zero-order valence-corrected chi connectivity index (χ0v) is 10.0. The maximum atomic E-state index is 11.6. The van der Waals surface area contributed by atoms with Crippen LogP contribution >= 0.6 is 0 Å². The lowest BCUT2D eigenvalue weighted by atomic mass is 10.3. The number of carbonyl (C=O) groups is 2. The highest BCUT2D eigenvalue weighted by Gasteiger charge is 2.14. The number of hydrogen-bond donors (Lipinski definition) is 2. The molecule has 2 aromatic rings. The Bertz CT molecular complexity index is 601. The molecule has 2 aromatic heterocycles. The van der Waals surface area contributed by atoms with Crippen LogP contribution in [0.5, 0.6) is 0 Å². The Labute approximate surface area is 107 Å². The topological polar surface area (TPSA) is 118 Å². The summed E-state index contributed by atoms with van der Waals surface area (Å²) in [5.41, 5.74) is -0.0704. The molecule has 0 radical (unpaired) electrons. The summed E-state index contributed by atoms with van der Waals surface area (Å²) >= 11 is 0. The largest absolute Gasteiger partial charge is 0.478 e. The standard InChI is InChI=1S/C11H11N3O5/c1-6-13-9(14-19-6)2-3-12-10(15)8-4-7(5-18-8)11(16)17/h4-5H,2-3H2,1H3,(H,12,15)(H,16,17). The fraction of sp³-hybridized carbons (Fsp3) is 0.273. The third kappa shape index (κ3) is 3.18. The van der Waals surface area contributed by atoms with Crippen molar-refractivity contribution in [2.75, 3.05) is 6.54 Å². The SMILES string of the molecule is Cc1nc(CCNC(=O)c2cc(C(=O)O)co2)no1. The highest BCUT2D eigenvalue weighted by Crippen LogP contribution is 2.07. The molecule has 0 atom stereocenters. The van der Waals surface area contributed by atoms with Crippen molar-refractivity contribution in [1.29, 1.82) is 0 Å². The molecule has 8 nitrogen and oxygen atoms in total. The van der Waals surface area contributed by atoms with Gasteiger partial charge in [0.2, 0.25) is 5.89 Å². The highest BCUT2D eigenvalue weighted by atomic mass is 16.5. The predicted molar refractivity (Wildman–Crippen MR) is 60.7 cm³/mol. The molecule has 0 spiro atoms. The highest BCUT2D eigenvalue weighted by molar-refractivity contribution is 5.95. The second-order valence-electron chi connectivity index (χ2n) is 3.74. The van der Waals surface area contributed by atoms with Gasteiger partial charge in [-0.05, 0) is 0 Å². The van der Waals surface area contributed by atoms with E-state index in [1.54, 1.807) is 6.92 Å². The normalized spacial score (nSPS) is 10.4. The lowest BCUT2D eigenvalue weighted by molar-refractivity contribution is 0.0696. The summed E-state index contributed by atoms with van der Waals surface area (Å²) < 4.78 is 9.63. The van der Waals surface area contributed by atoms with Crippen molar-refractivity contribution in [3.63, 3.8) is 0 Å². The van der Waals surface area contributed by atoms with Gasteiger partial charge in [0.1, 0.15) is 6.26 Å². The van der Waals surface area contributed by atoms with Gasteiger partial charge in [0.15, 0.2) is 11.6 Å². The number of carboxylic acid groups (broad SMARTS) is 1. The number of aryl methyl sites for hydroxylation is 1. The summed E-state index contributed by atoms with van der Waals surface area (Å²) in [5.74, 6) is -0.749. The molecule has 1 amide bonds. The van der Waals surface area contributed by atoms with Crippen LogP contribution in [-0.2, 0) is 6.42 Å². The van der Waals surface area contributed by atoms with Crippen LogP contribution in [-0.4, -0.2) is 33.7 Å². The van der Waals surface area contributed by atoms with Gasteiger partial charge in [-0.15, -0.1) is 0 Å². The average Bonchev–Trinajstić information content (AvgIpc) is 2.98. The Morgan fingerprint density at radius 1 is 1.47 bits per heavy atom. The van der Waals surface area contributed by atoms with E-state index in [9.17, 15) is 9.59 Å². The summed E-state index contributed by atoms with van der Waals surface area (Å²) in [6.07, 6.45) is 1.43. The number of nitrogens with one attached hydrogen (secondary N) is 1. The number of amides is 1. The quantitative estimate of drug-likeness (QED) is 0.814. The summed E-state index contributed by atoms with van der Waals surface area (Å²) in [4.78, 5) is 26.2. The second kappa shape index (κ2) is 5.34. The molecule has 0 fully saturated rings. The summed E-state index contributed by atoms with van der Waals surface area (Å²) in [5, 5.41) is 14.9. The minimum absolute atomic E-state index is 0.0540. The number of hydrogen-bond acceptors (Lipinski definition) is 6. The van der Waals surface area contributed by atoms with Crippen LogP contribution in [0.25, 0.3) is 0 Å². The Kier molecular flexibility index (Phi) is 3.60. The molecule has 100 valence electrons. The summed E-state index contributed by atoms with van der Waals surface area (Å²) in [6.45, 7) is 1.96. The third-order valence-electron chi connectivity index (χ3n) is 2.27. The molecule has 19 heavy (non-hydrogen) atoms. The average molecular weight is 265 g/mol. The molecule has 0 aliphatic rings. The lowest BCUT2D eigenvalue weighted by Crippen LogP contribution is -2.25. The van der Waals surface area contributed by atoms with Crippen molar-refractivity contribution in [2.45, 2.75) is 13.3 Å². The van der Waals surface area contributed by atoms with Gasteiger partial charge >= 0.3 is 5.97 Å². The molecule has 2 N–H and O–H groups in total. The van der Waals surface area contributed by atoms with Crippen molar-refractivity contribution >= 4 is 11.9 Å². The van der Waals surface area contributed by atoms with E-state index in [4.69, 9.17) is 14.0 Å². The van der Waals surface area contributed by atoms with Crippen LogP contribution in [0.1, 0.15) is 32.6 Å². The molecule has 2 rings (SSSR count). The summed E-state index contributed by atoms with van der Waals surface area (Å²) in [7, 11) is 0. The molecule has 2 heterocycles. The maximum Gasteiger partial charge on any atom is 0.338 e. The summed E-state index contributed by atoms with van der Waals surface area (Å²) in [6, 6.07) is 1.16. The lowest BCUT2D eigenvalue weighted by Gasteiger charge is -1.99. The van der Waals surface area contributed by atoms with Gasteiger partial charge in [-0.3, -0.25) is 4.79 Å². The van der Waals surface area contributed by atoms with E-state index in [0.29, 0.717) is 24.7 Å². The van der Waals surface area contributed by atoms with Gasteiger partial charge in [-0.1, -0.05) is 5.16 Å². The maximum absolute atomic E-state index is 11.6. The Balaban J connectivity index is 1.85. The molecule has 8 heteroatoms. The molecule has 0 aliphatic heterocycles. The van der Waals surface area contributed by atoms with Gasteiger partial charge in [0.05, 0.1) is 5.56 Å². The molecule has 0 aromatic carbocycles. The number of aromatic carboxylic acids is 1. The number of aromatic nitrogens is 2. The first-order valence-electron chi connectivity index (χ1n) is 5.45. The van der Waals surface area contributed by atoms with E-state index >= 15 is 0 Å². The van der Waals surface area contributed by atoms with Crippen LogP contribution in [0.15, 0.2) is 21.3 Å². The third-order valence-corrected chi connectivity index (χ3v) is 2.27. The van der Waals surface area contributed by atoms with Crippen molar-refractivity contribution < 1.29 is 23.6 Å². The monoisotopic (exact) mass is 265 g/mol. The number of rotatable bonds is 5. The molecule has 0 unspecified atom stereocenters. The van der Waals surface area contributed by atoms with Gasteiger partial charge < -0.3 is 19.4 Å². The van der Waals surface area contributed by atoms with Gasteiger partial charge in [-0.25, -0.2) is 4.79 Å². The first-order valence-corrected chi connectivity index (χ1v) is 5.45. The van der Waals surface area contributed by atoms with Gasteiger partial charge in [0.25, 0.3) is 5.91 Å². The van der Waals surface area contributed by atoms with E-state index in [2.05, 4.69) is 15.5 Å². The Hall–Kier alpha value is -2.64. The van der Waals surface area contributed by atoms with E-state index in [1.807, 2.05) is 0 Å². The van der Waals surface area contributed by atoms with Crippen LogP contribution in [0, 0.1) is 6.92 Å². The van der Waals surface area contributed by atoms with Crippen LogP contribution in [0.4, 0.5) is 0 Å². The zero-order valence-electron chi connectivity index (χ0n) is 10.0. The van der Waals surface area contributed by atoms with Crippen molar-refractivity contribution in [3.05, 3.63) is 35.4 Å². The van der Waals surface area contributed by atoms with Gasteiger partial charge in [-0.2, -0.15) is 4.98 Å². The predicted octanol–water partition coefficient (Wildman–Crippen LogP) is 0.642. The smallest absolute Gasteiger partial charge is 0.338 e. The van der Waals surface area contributed by atoms with E-state index in [0.717, 1.165) is 12.3 Å². The number of furan rings is 1. The van der Waals surface area contributed by atoms with Crippen LogP contribution < -0.4 is 5.32 Å². The minimum atomic E-state index is -1.15. The number of carboxylic acids is 1. The van der Waals surface area contributed by atoms with Crippen molar-refractivity contribution in [1.82, 2.24) is 15.5 Å². The Morgan fingerprint density at radius 2 is 2.26 bits per heavy atom. The molecular formula is C11H11N3O5. The van der Waals surface area contributed by atoms with E-state index < -0.39 is 11.9 Å². The number of carbonyl (C=O) groups excluding carboxylic acids is 1.